The molecule has 0 saturated heterocycles. The van der Waals surface area contributed by atoms with E-state index in [0.717, 1.165) is 4.90 Å². The summed E-state index contributed by atoms with van der Waals surface area (Å²) in [7, 11) is 0. The quantitative estimate of drug-likeness (QED) is 0.877. The molecule has 110 valence electrons. The van der Waals surface area contributed by atoms with Crippen molar-refractivity contribution in [1.82, 2.24) is 4.90 Å². The summed E-state index contributed by atoms with van der Waals surface area (Å²) in [4.78, 5) is 24.0. The van der Waals surface area contributed by atoms with Gasteiger partial charge in [-0.05, 0) is 25.5 Å². The molecule has 0 aliphatic carbocycles. The third-order valence-corrected chi connectivity index (χ3v) is 3.17. The molecule has 0 saturated carbocycles. The number of nitrogens with one attached hydrogen (secondary N) is 1. The number of hydrogen-bond acceptors (Lipinski definition) is 2. The summed E-state index contributed by atoms with van der Waals surface area (Å²) in [5.41, 5.74) is -0.0822. The molecular weight excluding hydrogens is 287 g/mol. The van der Waals surface area contributed by atoms with Crippen molar-refractivity contribution in [1.29, 1.82) is 0 Å². The van der Waals surface area contributed by atoms with Crippen LogP contribution in [0.15, 0.2) is 18.2 Å². The van der Waals surface area contributed by atoms with Gasteiger partial charge in [0.2, 0.25) is 0 Å². The molecule has 0 spiro atoms. The fraction of sp³-hybridized carbons (Fsp3) is 0.385. The van der Waals surface area contributed by atoms with Gasteiger partial charge in [-0.3, -0.25) is 4.79 Å². The first-order valence-corrected chi connectivity index (χ1v) is 6.48. The second-order valence-electron chi connectivity index (χ2n) is 4.31. The molecule has 20 heavy (non-hydrogen) atoms. The number of carbonyl (C=O) groups excluding carboxylic acids is 1. The average Bonchev–Trinajstić information content (AvgIpc) is 2.40. The number of nitrogens with zero attached hydrogens (tertiary/aromatic N) is 1. The maximum Gasteiger partial charge on any atom is 0.323 e. The summed E-state index contributed by atoms with van der Waals surface area (Å²) in [6.45, 7) is 3.09. The summed E-state index contributed by atoms with van der Waals surface area (Å²) in [6, 6.07) is 3.24. The van der Waals surface area contributed by atoms with Crippen LogP contribution in [0.2, 0.25) is 5.02 Å². The van der Waals surface area contributed by atoms with Crippen LogP contribution in [0.1, 0.15) is 20.3 Å². The van der Waals surface area contributed by atoms with Gasteiger partial charge in [-0.15, -0.1) is 0 Å². The second-order valence-corrected chi connectivity index (χ2v) is 4.72. The molecule has 1 aromatic rings. The third kappa shape index (κ3) is 4.09. The van der Waals surface area contributed by atoms with Gasteiger partial charge in [0.05, 0.1) is 10.7 Å². The number of aliphatic carboxylic acids is 1. The zero-order valence-electron chi connectivity index (χ0n) is 11.2. The van der Waals surface area contributed by atoms with Crippen molar-refractivity contribution in [2.45, 2.75) is 26.3 Å². The highest BCUT2D eigenvalue weighted by molar-refractivity contribution is 6.31. The van der Waals surface area contributed by atoms with E-state index < -0.39 is 24.4 Å². The molecule has 1 atom stereocenters. The van der Waals surface area contributed by atoms with Crippen LogP contribution in [0, 0.1) is 5.82 Å². The number of urea groups is 1. The number of rotatable bonds is 5. The van der Waals surface area contributed by atoms with Crippen molar-refractivity contribution < 1.29 is 19.1 Å². The highest BCUT2D eigenvalue weighted by Crippen LogP contribution is 2.22. The van der Waals surface area contributed by atoms with Crippen LogP contribution in [-0.4, -0.2) is 34.6 Å². The van der Waals surface area contributed by atoms with Crippen LogP contribution in [-0.2, 0) is 4.79 Å². The van der Waals surface area contributed by atoms with E-state index in [1.807, 2.05) is 6.92 Å². The molecule has 0 fully saturated rings. The minimum Gasteiger partial charge on any atom is -0.480 e. The van der Waals surface area contributed by atoms with E-state index >= 15 is 0 Å². The average molecular weight is 303 g/mol. The van der Waals surface area contributed by atoms with E-state index in [1.165, 1.54) is 18.2 Å². The summed E-state index contributed by atoms with van der Waals surface area (Å²) >= 11 is 5.62. The van der Waals surface area contributed by atoms with Crippen LogP contribution in [0.3, 0.4) is 0 Å². The number of benzene rings is 1. The van der Waals surface area contributed by atoms with Crippen molar-refractivity contribution in [3.8, 4) is 0 Å². The fourth-order valence-electron chi connectivity index (χ4n) is 1.58. The number of carbonyl (C=O) groups is 2. The first kappa shape index (κ1) is 16.2. The molecule has 1 aromatic carbocycles. The molecule has 5 nitrogen and oxygen atoms in total. The lowest BCUT2D eigenvalue weighted by atomic mass is 10.2. The van der Waals surface area contributed by atoms with E-state index in [9.17, 15) is 14.0 Å². The largest absolute Gasteiger partial charge is 0.480 e. The van der Waals surface area contributed by atoms with Crippen molar-refractivity contribution in [3.63, 3.8) is 0 Å². The zero-order valence-corrected chi connectivity index (χ0v) is 11.9. The Labute approximate surface area is 121 Å². The Bertz CT molecular complexity index is 510. The Morgan fingerprint density at radius 1 is 1.50 bits per heavy atom. The molecule has 0 radical (unpaired) electrons. The van der Waals surface area contributed by atoms with Crippen molar-refractivity contribution in [2.75, 3.05) is 11.9 Å². The lowest BCUT2D eigenvalue weighted by Gasteiger charge is -2.27. The lowest BCUT2D eigenvalue weighted by Crippen LogP contribution is -2.44. The van der Waals surface area contributed by atoms with Gasteiger partial charge in [-0.1, -0.05) is 24.6 Å². The molecule has 0 aliphatic heterocycles. The lowest BCUT2D eigenvalue weighted by molar-refractivity contribution is -0.138. The Morgan fingerprint density at radius 2 is 2.15 bits per heavy atom. The number of anilines is 1. The van der Waals surface area contributed by atoms with Crippen LogP contribution >= 0.6 is 11.6 Å². The minimum absolute atomic E-state index is 0.0822. The number of carboxylic acids is 1. The van der Waals surface area contributed by atoms with Gasteiger partial charge in [0, 0.05) is 6.04 Å². The number of hydrogen-bond donors (Lipinski definition) is 2. The fourth-order valence-corrected chi connectivity index (χ4v) is 1.76. The zero-order chi connectivity index (χ0) is 15.3. The van der Waals surface area contributed by atoms with Crippen LogP contribution in [0.5, 0.6) is 0 Å². The normalized spacial score (nSPS) is 11.8. The minimum atomic E-state index is -1.13. The first-order chi connectivity index (χ1) is 9.36. The first-order valence-electron chi connectivity index (χ1n) is 6.10. The maximum atomic E-state index is 13.7. The van der Waals surface area contributed by atoms with E-state index in [0.29, 0.717) is 6.42 Å². The molecule has 0 aliphatic rings. The van der Waals surface area contributed by atoms with E-state index in [-0.39, 0.29) is 16.8 Å². The Morgan fingerprint density at radius 3 is 2.70 bits per heavy atom. The summed E-state index contributed by atoms with van der Waals surface area (Å²) in [5.74, 6) is -1.88. The molecular formula is C13H16ClFN2O3. The van der Waals surface area contributed by atoms with Crippen LogP contribution in [0.4, 0.5) is 14.9 Å². The summed E-state index contributed by atoms with van der Waals surface area (Å²) < 4.78 is 13.7. The molecule has 0 bridgehead atoms. The highest BCUT2D eigenvalue weighted by Gasteiger charge is 2.22. The van der Waals surface area contributed by atoms with E-state index in [2.05, 4.69) is 5.32 Å². The summed E-state index contributed by atoms with van der Waals surface area (Å²) in [5, 5.41) is 11.0. The number of halogens is 2. The van der Waals surface area contributed by atoms with Crippen molar-refractivity contribution in [3.05, 3.63) is 29.0 Å². The Balaban J connectivity index is 2.90. The van der Waals surface area contributed by atoms with Gasteiger partial charge in [0.1, 0.15) is 6.54 Å². The van der Waals surface area contributed by atoms with Crippen molar-refractivity contribution >= 4 is 29.3 Å². The maximum absolute atomic E-state index is 13.7. The standard InChI is InChI=1S/C13H16ClFN2O3/c1-3-8(2)17(7-11(18)19)13(20)16-10-6-4-5-9(14)12(10)15/h4-6,8H,3,7H2,1-2H3,(H,16,20)(H,18,19). The van der Waals surface area contributed by atoms with Gasteiger partial charge >= 0.3 is 12.0 Å². The molecule has 2 N–H and O–H groups in total. The van der Waals surface area contributed by atoms with E-state index in [4.69, 9.17) is 16.7 Å². The van der Waals surface area contributed by atoms with Gasteiger partial charge < -0.3 is 15.3 Å². The summed E-state index contributed by atoms with van der Waals surface area (Å²) in [6.07, 6.45) is 0.582. The van der Waals surface area contributed by atoms with Gasteiger partial charge in [0.25, 0.3) is 0 Å². The van der Waals surface area contributed by atoms with Gasteiger partial charge in [0.15, 0.2) is 5.82 Å². The number of amides is 2. The van der Waals surface area contributed by atoms with Gasteiger partial charge in [-0.25, -0.2) is 9.18 Å². The molecule has 0 heterocycles. The van der Waals surface area contributed by atoms with Crippen LogP contribution in [0.25, 0.3) is 0 Å². The molecule has 0 aromatic heterocycles. The number of carboxylic acid groups (broad SMARTS) is 1. The van der Waals surface area contributed by atoms with Crippen molar-refractivity contribution in [2.24, 2.45) is 0 Å². The SMILES string of the molecule is CCC(C)N(CC(=O)O)C(=O)Nc1cccc(Cl)c1F. The smallest absolute Gasteiger partial charge is 0.323 e. The monoisotopic (exact) mass is 302 g/mol. The topological polar surface area (TPSA) is 69.6 Å². The van der Waals surface area contributed by atoms with Gasteiger partial charge in [-0.2, -0.15) is 0 Å². The molecule has 1 rings (SSSR count). The Kier molecular flexibility index (Phi) is 5.76. The molecule has 1 unspecified atom stereocenters. The third-order valence-electron chi connectivity index (χ3n) is 2.88. The molecule has 7 heteroatoms. The predicted molar refractivity (Wildman–Crippen MR) is 74.5 cm³/mol. The predicted octanol–water partition coefficient (Wildman–Crippen LogP) is 3.20. The van der Waals surface area contributed by atoms with Crippen LogP contribution < -0.4 is 5.32 Å². The molecule has 2 amide bonds. The Hall–Kier alpha value is -1.82. The van der Waals surface area contributed by atoms with E-state index in [1.54, 1.807) is 6.92 Å². The highest BCUT2D eigenvalue weighted by atomic mass is 35.5. The second kappa shape index (κ2) is 7.09.